The van der Waals surface area contributed by atoms with Crippen LogP contribution in [0.15, 0.2) is 35.1 Å². The monoisotopic (exact) mass is 491 g/mol. The number of nitrogens with one attached hydrogen (secondary N) is 1. The predicted molar refractivity (Wildman–Crippen MR) is 143 cm³/mol. The van der Waals surface area contributed by atoms with Gasteiger partial charge in [0.05, 0.1) is 5.39 Å². The third kappa shape index (κ3) is 5.37. The quantitative estimate of drug-likeness (QED) is 0.509. The summed E-state index contributed by atoms with van der Waals surface area (Å²) >= 11 is 1.68. The maximum absolute atomic E-state index is 13.0. The largest absolute Gasteiger partial charge is 0.343 e. The number of hydrogen-bond acceptors (Lipinski definition) is 4. The standard InChI is InChI=1S/C29H37N3O2S/c1-29(2,3)21-9-10-22-23(18-21)35-28-26(22)27(34)30-24(31-28)11-12-25(33)32-15-13-20(14-16-32)17-19-7-5-4-6-8-19/h4-8,20-21H,9-18H2,1-3H3,(H,30,31,34). The molecule has 1 aliphatic heterocycles. The summed E-state index contributed by atoms with van der Waals surface area (Å²) in [5.41, 5.74) is 2.83. The summed E-state index contributed by atoms with van der Waals surface area (Å²) in [5.74, 6) is 2.09. The zero-order valence-electron chi connectivity index (χ0n) is 21.2. The van der Waals surface area contributed by atoms with Crippen LogP contribution in [0, 0.1) is 17.3 Å². The van der Waals surface area contributed by atoms with Crippen molar-refractivity contribution in [3.05, 3.63) is 62.5 Å². The van der Waals surface area contributed by atoms with E-state index in [1.807, 2.05) is 4.90 Å². The molecule has 2 aromatic heterocycles. The molecule has 186 valence electrons. The van der Waals surface area contributed by atoms with Gasteiger partial charge in [-0.15, -0.1) is 11.3 Å². The van der Waals surface area contributed by atoms with Gasteiger partial charge in [-0.1, -0.05) is 51.1 Å². The van der Waals surface area contributed by atoms with Crippen LogP contribution in [0.3, 0.4) is 0 Å². The fourth-order valence-electron chi connectivity index (χ4n) is 5.80. The minimum absolute atomic E-state index is 0.0362. The molecule has 0 radical (unpaired) electrons. The van der Waals surface area contributed by atoms with Crippen LogP contribution in [0.2, 0.25) is 0 Å². The lowest BCUT2D eigenvalue weighted by atomic mass is 9.72. The Kier molecular flexibility index (Phi) is 6.84. The first-order valence-corrected chi connectivity index (χ1v) is 13.9. The number of fused-ring (bicyclic) bond motifs is 3. The van der Waals surface area contributed by atoms with Crippen molar-refractivity contribution in [2.75, 3.05) is 13.1 Å². The van der Waals surface area contributed by atoms with Crippen LogP contribution < -0.4 is 5.56 Å². The number of benzene rings is 1. The number of aromatic nitrogens is 2. The number of carbonyl (C=O) groups excluding carboxylic acids is 1. The van der Waals surface area contributed by atoms with Crippen molar-refractivity contribution in [2.45, 2.75) is 72.1 Å². The van der Waals surface area contributed by atoms with E-state index in [4.69, 9.17) is 4.98 Å². The molecule has 1 saturated heterocycles. The summed E-state index contributed by atoms with van der Waals surface area (Å²) in [4.78, 5) is 37.8. The average molecular weight is 492 g/mol. The molecule has 5 rings (SSSR count). The lowest BCUT2D eigenvalue weighted by Crippen LogP contribution is -2.39. The summed E-state index contributed by atoms with van der Waals surface area (Å²) in [5, 5.41) is 0.785. The highest BCUT2D eigenvalue weighted by atomic mass is 32.1. The molecule has 1 amide bonds. The Labute approximate surface area is 212 Å². The van der Waals surface area contributed by atoms with E-state index in [-0.39, 0.29) is 16.9 Å². The summed E-state index contributed by atoms with van der Waals surface area (Å²) < 4.78 is 0. The van der Waals surface area contributed by atoms with Crippen LogP contribution in [0.4, 0.5) is 0 Å². The Morgan fingerprint density at radius 2 is 1.89 bits per heavy atom. The van der Waals surface area contributed by atoms with E-state index in [1.54, 1.807) is 11.3 Å². The molecular weight excluding hydrogens is 454 g/mol. The van der Waals surface area contributed by atoms with Gasteiger partial charge in [0, 0.05) is 30.8 Å². The van der Waals surface area contributed by atoms with Gasteiger partial charge in [-0.05, 0) is 66.9 Å². The van der Waals surface area contributed by atoms with Crippen LogP contribution in [0.5, 0.6) is 0 Å². The molecule has 6 heteroatoms. The number of amides is 1. The molecule has 3 heterocycles. The number of hydrogen-bond donors (Lipinski definition) is 1. The molecule has 3 aromatic rings. The topological polar surface area (TPSA) is 66.1 Å². The molecule has 5 nitrogen and oxygen atoms in total. The van der Waals surface area contributed by atoms with Crippen molar-refractivity contribution in [2.24, 2.45) is 17.3 Å². The number of piperidine rings is 1. The lowest BCUT2D eigenvalue weighted by molar-refractivity contribution is -0.132. The Morgan fingerprint density at radius 1 is 1.14 bits per heavy atom. The summed E-state index contributed by atoms with van der Waals surface area (Å²) in [6, 6.07) is 10.6. The molecule has 1 N–H and O–H groups in total. The molecule has 0 spiro atoms. The van der Waals surface area contributed by atoms with Gasteiger partial charge in [0.2, 0.25) is 5.91 Å². The first-order valence-electron chi connectivity index (χ1n) is 13.1. The van der Waals surface area contributed by atoms with Crippen molar-refractivity contribution in [1.82, 2.24) is 14.9 Å². The van der Waals surface area contributed by atoms with Crippen molar-refractivity contribution in [3.63, 3.8) is 0 Å². The molecule has 0 saturated carbocycles. The van der Waals surface area contributed by atoms with Gasteiger partial charge in [-0.25, -0.2) is 4.98 Å². The van der Waals surface area contributed by atoms with E-state index in [2.05, 4.69) is 56.1 Å². The number of thiophene rings is 1. The van der Waals surface area contributed by atoms with Gasteiger partial charge in [0.1, 0.15) is 10.7 Å². The maximum atomic E-state index is 13.0. The first-order chi connectivity index (χ1) is 16.8. The molecule has 2 aliphatic rings. The molecular formula is C29H37N3O2S. The van der Waals surface area contributed by atoms with Crippen LogP contribution in [-0.2, 0) is 30.5 Å². The summed E-state index contributed by atoms with van der Waals surface area (Å²) in [6.07, 6.45) is 7.20. The minimum atomic E-state index is -0.0362. The van der Waals surface area contributed by atoms with E-state index in [0.29, 0.717) is 30.5 Å². The smallest absolute Gasteiger partial charge is 0.259 e. The highest BCUT2D eigenvalue weighted by Crippen LogP contribution is 2.42. The van der Waals surface area contributed by atoms with Crippen LogP contribution in [0.1, 0.15) is 68.3 Å². The minimum Gasteiger partial charge on any atom is -0.343 e. The van der Waals surface area contributed by atoms with Crippen molar-refractivity contribution in [1.29, 1.82) is 0 Å². The number of aromatic amines is 1. The van der Waals surface area contributed by atoms with Gasteiger partial charge < -0.3 is 9.88 Å². The molecule has 1 fully saturated rings. The molecule has 1 atom stereocenters. The molecule has 1 unspecified atom stereocenters. The van der Waals surface area contributed by atoms with Crippen molar-refractivity contribution in [3.8, 4) is 0 Å². The van der Waals surface area contributed by atoms with Crippen molar-refractivity contribution < 1.29 is 4.79 Å². The molecule has 1 aliphatic carbocycles. The SMILES string of the molecule is CC(C)(C)C1CCc2c(sc3nc(CCC(=O)N4CCC(Cc5ccccc5)CC4)[nH]c(=O)c23)C1. The third-order valence-electron chi connectivity index (χ3n) is 8.10. The lowest BCUT2D eigenvalue weighted by Gasteiger charge is -2.33. The second-order valence-corrected chi connectivity index (χ2v) is 12.6. The summed E-state index contributed by atoms with van der Waals surface area (Å²) in [6.45, 7) is 8.57. The number of carbonyl (C=O) groups is 1. The fraction of sp³-hybridized carbons (Fsp3) is 0.552. The van der Waals surface area contributed by atoms with E-state index < -0.39 is 0 Å². The van der Waals surface area contributed by atoms with Gasteiger partial charge in [0.15, 0.2) is 0 Å². The van der Waals surface area contributed by atoms with E-state index in [9.17, 15) is 9.59 Å². The van der Waals surface area contributed by atoms with Gasteiger partial charge in [0.25, 0.3) is 5.56 Å². The normalized spacial score (nSPS) is 19.2. The van der Waals surface area contributed by atoms with E-state index >= 15 is 0 Å². The van der Waals surface area contributed by atoms with Crippen LogP contribution in [0.25, 0.3) is 10.2 Å². The Bertz CT molecular complexity index is 1250. The average Bonchev–Trinajstić information content (AvgIpc) is 3.21. The zero-order valence-corrected chi connectivity index (χ0v) is 22.0. The Hall–Kier alpha value is -2.47. The molecule has 1 aromatic carbocycles. The number of aryl methyl sites for hydroxylation is 2. The number of likely N-dealkylation sites (tertiary alicyclic amines) is 1. The number of nitrogens with zero attached hydrogens (tertiary/aromatic N) is 2. The Morgan fingerprint density at radius 3 is 2.60 bits per heavy atom. The second kappa shape index (κ2) is 9.88. The highest BCUT2D eigenvalue weighted by Gasteiger charge is 2.31. The second-order valence-electron chi connectivity index (χ2n) is 11.5. The Balaban J connectivity index is 1.19. The van der Waals surface area contributed by atoms with Gasteiger partial charge >= 0.3 is 0 Å². The fourth-order valence-corrected chi connectivity index (χ4v) is 7.12. The highest BCUT2D eigenvalue weighted by molar-refractivity contribution is 7.18. The molecule has 35 heavy (non-hydrogen) atoms. The van der Waals surface area contributed by atoms with E-state index in [0.717, 1.165) is 61.8 Å². The zero-order chi connectivity index (χ0) is 24.6. The number of rotatable bonds is 5. The van der Waals surface area contributed by atoms with E-state index in [1.165, 1.54) is 16.0 Å². The van der Waals surface area contributed by atoms with Crippen molar-refractivity contribution >= 4 is 27.5 Å². The maximum Gasteiger partial charge on any atom is 0.259 e. The summed E-state index contributed by atoms with van der Waals surface area (Å²) in [7, 11) is 0. The first kappa shape index (κ1) is 24.2. The molecule has 0 bridgehead atoms. The van der Waals surface area contributed by atoms with Crippen LogP contribution >= 0.6 is 11.3 Å². The van der Waals surface area contributed by atoms with Gasteiger partial charge in [-0.3, -0.25) is 9.59 Å². The predicted octanol–water partition coefficient (Wildman–Crippen LogP) is 5.55. The van der Waals surface area contributed by atoms with Gasteiger partial charge in [-0.2, -0.15) is 0 Å². The van der Waals surface area contributed by atoms with Crippen LogP contribution in [-0.4, -0.2) is 33.9 Å². The number of H-pyrrole nitrogens is 1. The third-order valence-corrected chi connectivity index (χ3v) is 9.25.